The smallest absolute Gasteiger partial charge is 0.127 e. The Bertz CT molecular complexity index is 961. The molecule has 1 aliphatic rings. The molecule has 1 heterocycles. The molecule has 0 aliphatic heterocycles. The maximum atomic E-state index is 14.4. The van der Waals surface area contributed by atoms with E-state index in [4.69, 9.17) is 4.74 Å². The molecular weight excluding hydrogens is 387 g/mol. The molecule has 1 saturated carbocycles. The van der Waals surface area contributed by atoms with Crippen LogP contribution in [-0.2, 0) is 19.6 Å². The molecule has 0 radical (unpaired) electrons. The lowest BCUT2D eigenvalue weighted by Crippen LogP contribution is -2.31. The van der Waals surface area contributed by atoms with Crippen LogP contribution in [0.3, 0.4) is 0 Å². The van der Waals surface area contributed by atoms with Crippen LogP contribution in [0.4, 0.5) is 4.39 Å². The maximum absolute atomic E-state index is 14.4. The molecule has 0 unspecified atom stereocenters. The molecule has 31 heavy (non-hydrogen) atoms. The van der Waals surface area contributed by atoms with Gasteiger partial charge < -0.3 is 9.30 Å². The van der Waals surface area contributed by atoms with E-state index < -0.39 is 0 Å². The molecule has 164 valence electrons. The third-order valence-corrected chi connectivity index (χ3v) is 6.39. The zero-order valence-electron chi connectivity index (χ0n) is 18.5. The molecule has 0 bridgehead atoms. The van der Waals surface area contributed by atoms with Gasteiger partial charge in [-0.15, -0.1) is 0 Å². The van der Waals surface area contributed by atoms with Gasteiger partial charge in [0.1, 0.15) is 11.6 Å². The van der Waals surface area contributed by atoms with Crippen molar-refractivity contribution in [3.8, 4) is 5.75 Å². The summed E-state index contributed by atoms with van der Waals surface area (Å²) in [6.07, 6.45) is 8.72. The van der Waals surface area contributed by atoms with Gasteiger partial charge in [0.25, 0.3) is 0 Å². The van der Waals surface area contributed by atoms with Crippen molar-refractivity contribution in [3.05, 3.63) is 89.5 Å². The number of aromatic nitrogens is 1. The summed E-state index contributed by atoms with van der Waals surface area (Å²) in [5, 5.41) is 0. The number of hydrogen-bond acceptors (Lipinski definition) is 2. The predicted molar refractivity (Wildman–Crippen MR) is 124 cm³/mol. The van der Waals surface area contributed by atoms with Gasteiger partial charge in [-0.25, -0.2) is 4.39 Å². The quantitative estimate of drug-likeness (QED) is 0.406. The van der Waals surface area contributed by atoms with E-state index >= 15 is 0 Å². The van der Waals surface area contributed by atoms with E-state index in [1.807, 2.05) is 24.3 Å². The molecule has 3 aromatic rings. The lowest BCUT2D eigenvalue weighted by molar-refractivity contribution is 0.181. The average molecular weight is 421 g/mol. The molecule has 3 nitrogen and oxygen atoms in total. The highest BCUT2D eigenvalue weighted by molar-refractivity contribution is 5.29. The molecule has 0 spiro atoms. The minimum Gasteiger partial charge on any atom is -0.497 e. The Morgan fingerprint density at radius 2 is 1.81 bits per heavy atom. The first kappa shape index (κ1) is 21.6. The van der Waals surface area contributed by atoms with Gasteiger partial charge >= 0.3 is 0 Å². The Labute approximate surface area is 185 Å². The molecule has 1 aliphatic carbocycles. The van der Waals surface area contributed by atoms with E-state index in [1.165, 1.54) is 43.4 Å². The van der Waals surface area contributed by atoms with Crippen molar-refractivity contribution in [1.82, 2.24) is 9.47 Å². The molecule has 1 aromatic heterocycles. The van der Waals surface area contributed by atoms with Crippen LogP contribution in [0.15, 0.2) is 66.9 Å². The first-order valence-corrected chi connectivity index (χ1v) is 11.4. The van der Waals surface area contributed by atoms with E-state index in [1.54, 1.807) is 19.2 Å². The molecule has 0 atom stereocenters. The Balaban J connectivity index is 1.50. The van der Waals surface area contributed by atoms with Crippen molar-refractivity contribution in [2.45, 2.75) is 51.7 Å². The first-order chi connectivity index (χ1) is 15.2. The van der Waals surface area contributed by atoms with Crippen molar-refractivity contribution in [1.29, 1.82) is 0 Å². The molecule has 4 heteroatoms. The Morgan fingerprint density at radius 3 is 2.61 bits per heavy atom. The normalized spacial score (nSPS) is 14.8. The summed E-state index contributed by atoms with van der Waals surface area (Å²) >= 11 is 0. The van der Waals surface area contributed by atoms with Gasteiger partial charge in [0, 0.05) is 43.6 Å². The standard InChI is InChI=1S/C27H33FN2O/c1-31-26-14-7-11-23(17-26)19-30-16-8-13-25(30)21-29(18-22-9-3-2-4-10-22)20-24-12-5-6-15-27(24)28/h5-8,11-17,22H,2-4,9-10,18-21H2,1H3. The van der Waals surface area contributed by atoms with Crippen LogP contribution in [0.1, 0.15) is 48.9 Å². The van der Waals surface area contributed by atoms with Gasteiger partial charge in [0.05, 0.1) is 7.11 Å². The van der Waals surface area contributed by atoms with E-state index in [9.17, 15) is 4.39 Å². The predicted octanol–water partition coefficient (Wildman–Crippen LogP) is 6.27. The number of halogens is 1. The SMILES string of the molecule is COc1cccc(Cn2cccc2CN(Cc2ccccc2F)CC2CCCCC2)c1. The average Bonchev–Trinajstić information content (AvgIpc) is 3.22. The van der Waals surface area contributed by atoms with Gasteiger partial charge in [-0.1, -0.05) is 49.6 Å². The van der Waals surface area contributed by atoms with Crippen molar-refractivity contribution in [2.75, 3.05) is 13.7 Å². The van der Waals surface area contributed by atoms with Crippen molar-refractivity contribution < 1.29 is 9.13 Å². The molecule has 4 rings (SSSR count). The summed E-state index contributed by atoms with van der Waals surface area (Å²) in [5.41, 5.74) is 3.25. The van der Waals surface area contributed by atoms with Crippen LogP contribution in [0.25, 0.3) is 0 Å². The topological polar surface area (TPSA) is 17.4 Å². The largest absolute Gasteiger partial charge is 0.497 e. The number of rotatable bonds is 9. The minimum atomic E-state index is -0.108. The first-order valence-electron chi connectivity index (χ1n) is 11.4. The lowest BCUT2D eigenvalue weighted by atomic mass is 9.89. The van der Waals surface area contributed by atoms with Gasteiger partial charge in [0.2, 0.25) is 0 Å². The monoisotopic (exact) mass is 420 g/mol. The molecule has 0 N–H and O–H groups in total. The summed E-state index contributed by atoms with van der Waals surface area (Å²) in [4.78, 5) is 2.44. The summed E-state index contributed by atoms with van der Waals surface area (Å²) < 4.78 is 22.1. The molecule has 2 aromatic carbocycles. The Morgan fingerprint density at radius 1 is 0.968 bits per heavy atom. The van der Waals surface area contributed by atoms with Gasteiger partial charge in [-0.3, -0.25) is 4.90 Å². The third-order valence-electron chi connectivity index (χ3n) is 6.39. The Hall–Kier alpha value is -2.59. The van der Waals surface area contributed by atoms with Crippen LogP contribution in [-0.4, -0.2) is 23.1 Å². The van der Waals surface area contributed by atoms with Crippen LogP contribution in [0, 0.1) is 11.7 Å². The van der Waals surface area contributed by atoms with Crippen molar-refractivity contribution in [2.24, 2.45) is 5.92 Å². The van der Waals surface area contributed by atoms with Gasteiger partial charge in [-0.05, 0) is 54.7 Å². The number of ether oxygens (including phenoxy) is 1. The summed E-state index contributed by atoms with van der Waals surface area (Å²) in [5.74, 6) is 1.48. The molecule has 0 amide bonds. The summed E-state index contributed by atoms with van der Waals surface area (Å²) in [6, 6.07) is 19.7. The highest BCUT2D eigenvalue weighted by Crippen LogP contribution is 2.26. The van der Waals surface area contributed by atoms with Crippen LogP contribution in [0.2, 0.25) is 0 Å². The Kier molecular flexibility index (Phi) is 7.42. The highest BCUT2D eigenvalue weighted by atomic mass is 19.1. The number of nitrogens with zero attached hydrogens (tertiary/aromatic N) is 2. The fourth-order valence-corrected chi connectivity index (χ4v) is 4.73. The fraction of sp³-hybridized carbons (Fsp3) is 0.407. The third kappa shape index (κ3) is 5.98. The van der Waals surface area contributed by atoms with Crippen molar-refractivity contribution in [3.63, 3.8) is 0 Å². The zero-order chi connectivity index (χ0) is 21.5. The summed E-state index contributed by atoms with van der Waals surface area (Å²) in [6.45, 7) is 3.30. The lowest BCUT2D eigenvalue weighted by Gasteiger charge is -2.30. The van der Waals surface area contributed by atoms with Gasteiger partial charge in [-0.2, -0.15) is 0 Å². The van der Waals surface area contributed by atoms with Crippen LogP contribution >= 0.6 is 0 Å². The zero-order valence-corrected chi connectivity index (χ0v) is 18.5. The molecule has 0 saturated heterocycles. The highest BCUT2D eigenvalue weighted by Gasteiger charge is 2.19. The number of hydrogen-bond donors (Lipinski definition) is 0. The van der Waals surface area contributed by atoms with E-state index in [-0.39, 0.29) is 5.82 Å². The van der Waals surface area contributed by atoms with E-state index in [0.717, 1.165) is 30.9 Å². The van der Waals surface area contributed by atoms with E-state index in [2.05, 4.69) is 39.9 Å². The fourth-order valence-electron chi connectivity index (χ4n) is 4.73. The van der Waals surface area contributed by atoms with Crippen LogP contribution in [0.5, 0.6) is 5.75 Å². The number of benzene rings is 2. The van der Waals surface area contributed by atoms with Gasteiger partial charge in [0.15, 0.2) is 0 Å². The second-order valence-electron chi connectivity index (χ2n) is 8.74. The van der Waals surface area contributed by atoms with Crippen molar-refractivity contribution >= 4 is 0 Å². The second kappa shape index (κ2) is 10.6. The summed E-state index contributed by atoms with van der Waals surface area (Å²) in [7, 11) is 1.70. The van der Waals surface area contributed by atoms with E-state index in [0.29, 0.717) is 12.5 Å². The molecule has 1 fully saturated rings. The minimum absolute atomic E-state index is 0.108. The number of methoxy groups -OCH3 is 1. The second-order valence-corrected chi connectivity index (χ2v) is 8.74. The maximum Gasteiger partial charge on any atom is 0.127 e. The molecular formula is C27H33FN2O. The van der Waals surface area contributed by atoms with Crippen LogP contribution < -0.4 is 4.74 Å².